The maximum absolute atomic E-state index is 12.5. The second-order valence-electron chi connectivity index (χ2n) is 6.59. The number of nitrogens with zero attached hydrogens (tertiary/aromatic N) is 1. The van der Waals surface area contributed by atoms with E-state index in [1.165, 1.54) is 6.07 Å². The number of methoxy groups -OCH3 is 1. The molecule has 6 heteroatoms. The first-order chi connectivity index (χ1) is 14.1. The van der Waals surface area contributed by atoms with Crippen molar-refractivity contribution in [3.05, 3.63) is 71.8 Å². The molecule has 0 aliphatic rings. The molecule has 0 bridgehead atoms. The summed E-state index contributed by atoms with van der Waals surface area (Å²) in [5.41, 5.74) is 3.95. The van der Waals surface area contributed by atoms with E-state index in [9.17, 15) is 9.90 Å². The Kier molecular flexibility index (Phi) is 4.91. The number of carbonyl (C=O) groups is 1. The van der Waals surface area contributed by atoms with Crippen molar-refractivity contribution in [2.24, 2.45) is 0 Å². The molecule has 0 aliphatic heterocycles. The number of hydrogen-bond donors (Lipinski definition) is 2. The zero-order chi connectivity index (χ0) is 20.4. The SMILES string of the molecule is CCc1ccc2oc(-c3cc(NC(=O)c4ccc(OC)cc4)ccc3O)nc2c1. The molecule has 0 saturated carbocycles. The van der Waals surface area contributed by atoms with Crippen molar-refractivity contribution in [3.8, 4) is 23.0 Å². The fraction of sp³-hybridized carbons (Fsp3) is 0.130. The first kappa shape index (κ1) is 18.6. The van der Waals surface area contributed by atoms with Crippen LogP contribution in [-0.2, 0) is 6.42 Å². The number of nitrogens with one attached hydrogen (secondary N) is 1. The fourth-order valence-corrected chi connectivity index (χ4v) is 3.04. The number of ether oxygens (including phenoxy) is 1. The van der Waals surface area contributed by atoms with E-state index in [0.29, 0.717) is 34.0 Å². The molecule has 2 N–H and O–H groups in total. The highest BCUT2D eigenvalue weighted by molar-refractivity contribution is 6.04. The maximum Gasteiger partial charge on any atom is 0.255 e. The van der Waals surface area contributed by atoms with Crippen molar-refractivity contribution in [1.29, 1.82) is 0 Å². The number of benzene rings is 3. The highest BCUT2D eigenvalue weighted by atomic mass is 16.5. The lowest BCUT2D eigenvalue weighted by atomic mass is 10.1. The third kappa shape index (κ3) is 3.78. The van der Waals surface area contributed by atoms with E-state index in [2.05, 4.69) is 17.2 Å². The molecule has 1 heterocycles. The molecule has 1 aromatic heterocycles. The molecule has 0 saturated heterocycles. The molecule has 0 aliphatic carbocycles. The lowest BCUT2D eigenvalue weighted by molar-refractivity contribution is 0.102. The Morgan fingerprint density at radius 1 is 1.10 bits per heavy atom. The van der Waals surface area contributed by atoms with Crippen LogP contribution in [0.2, 0.25) is 0 Å². The number of aromatic nitrogens is 1. The van der Waals surface area contributed by atoms with Gasteiger partial charge in [-0.25, -0.2) is 4.98 Å². The van der Waals surface area contributed by atoms with Gasteiger partial charge in [0.2, 0.25) is 5.89 Å². The van der Waals surface area contributed by atoms with Crippen molar-refractivity contribution in [2.45, 2.75) is 13.3 Å². The van der Waals surface area contributed by atoms with Crippen LogP contribution in [0.25, 0.3) is 22.6 Å². The van der Waals surface area contributed by atoms with E-state index in [-0.39, 0.29) is 11.7 Å². The van der Waals surface area contributed by atoms with Crippen LogP contribution in [0, 0.1) is 0 Å². The van der Waals surface area contributed by atoms with Gasteiger partial charge in [0.05, 0.1) is 12.7 Å². The number of hydrogen-bond acceptors (Lipinski definition) is 5. The fourth-order valence-electron chi connectivity index (χ4n) is 3.04. The molecule has 6 nitrogen and oxygen atoms in total. The molecular weight excluding hydrogens is 368 g/mol. The Morgan fingerprint density at radius 2 is 1.90 bits per heavy atom. The number of oxazole rings is 1. The van der Waals surface area contributed by atoms with Crippen LogP contribution in [0.5, 0.6) is 11.5 Å². The average Bonchev–Trinajstić information content (AvgIpc) is 3.18. The van der Waals surface area contributed by atoms with Gasteiger partial charge in [-0.05, 0) is 66.6 Å². The predicted molar refractivity (Wildman–Crippen MR) is 111 cm³/mol. The van der Waals surface area contributed by atoms with E-state index in [4.69, 9.17) is 9.15 Å². The first-order valence-electron chi connectivity index (χ1n) is 9.25. The van der Waals surface area contributed by atoms with Gasteiger partial charge in [0.25, 0.3) is 5.91 Å². The van der Waals surface area contributed by atoms with Gasteiger partial charge in [-0.2, -0.15) is 0 Å². The van der Waals surface area contributed by atoms with Gasteiger partial charge in [-0.15, -0.1) is 0 Å². The summed E-state index contributed by atoms with van der Waals surface area (Å²) in [4.78, 5) is 17.0. The molecule has 29 heavy (non-hydrogen) atoms. The van der Waals surface area contributed by atoms with Gasteiger partial charge in [-0.1, -0.05) is 13.0 Å². The summed E-state index contributed by atoms with van der Waals surface area (Å²) in [6.45, 7) is 2.07. The van der Waals surface area contributed by atoms with E-state index in [1.54, 1.807) is 43.5 Å². The van der Waals surface area contributed by atoms with Crippen LogP contribution in [0.4, 0.5) is 5.69 Å². The van der Waals surface area contributed by atoms with Crippen molar-refractivity contribution in [2.75, 3.05) is 12.4 Å². The Labute approximate surface area is 167 Å². The number of amides is 1. The summed E-state index contributed by atoms with van der Waals surface area (Å²) in [5, 5.41) is 13.1. The van der Waals surface area contributed by atoms with E-state index < -0.39 is 0 Å². The lowest BCUT2D eigenvalue weighted by Gasteiger charge is -2.08. The van der Waals surface area contributed by atoms with E-state index in [0.717, 1.165) is 17.5 Å². The molecule has 4 rings (SSSR count). The summed E-state index contributed by atoms with van der Waals surface area (Å²) in [6, 6.07) is 17.4. The molecule has 146 valence electrons. The minimum atomic E-state index is -0.269. The number of aromatic hydroxyl groups is 1. The van der Waals surface area contributed by atoms with Crippen LogP contribution in [0.1, 0.15) is 22.8 Å². The van der Waals surface area contributed by atoms with Crippen LogP contribution >= 0.6 is 0 Å². The Balaban J connectivity index is 1.62. The lowest BCUT2D eigenvalue weighted by Crippen LogP contribution is -2.11. The number of carbonyl (C=O) groups excluding carboxylic acids is 1. The Morgan fingerprint density at radius 3 is 2.62 bits per heavy atom. The molecule has 0 unspecified atom stereocenters. The molecular formula is C23H20N2O4. The number of rotatable bonds is 5. The number of phenols is 1. The molecule has 3 aromatic carbocycles. The summed E-state index contributed by atoms with van der Waals surface area (Å²) in [7, 11) is 1.57. The highest BCUT2D eigenvalue weighted by Gasteiger charge is 2.15. The van der Waals surface area contributed by atoms with Crippen molar-refractivity contribution in [1.82, 2.24) is 4.98 Å². The van der Waals surface area contributed by atoms with E-state index in [1.807, 2.05) is 18.2 Å². The monoisotopic (exact) mass is 388 g/mol. The predicted octanol–water partition coefficient (Wildman–Crippen LogP) is 5.02. The van der Waals surface area contributed by atoms with Crippen LogP contribution in [0.15, 0.2) is 65.1 Å². The first-order valence-corrected chi connectivity index (χ1v) is 9.25. The number of phenolic OH excluding ortho intramolecular Hbond substituents is 1. The van der Waals surface area contributed by atoms with Gasteiger partial charge >= 0.3 is 0 Å². The highest BCUT2D eigenvalue weighted by Crippen LogP contribution is 2.33. The van der Waals surface area contributed by atoms with Crippen LogP contribution in [-0.4, -0.2) is 23.1 Å². The molecule has 0 spiro atoms. The van der Waals surface area contributed by atoms with Gasteiger partial charge in [0, 0.05) is 11.3 Å². The minimum absolute atomic E-state index is 0.0229. The Hall–Kier alpha value is -3.80. The van der Waals surface area contributed by atoms with Crippen molar-refractivity contribution < 1.29 is 19.1 Å². The quantitative estimate of drug-likeness (QED) is 0.469. The van der Waals surface area contributed by atoms with Crippen molar-refractivity contribution in [3.63, 3.8) is 0 Å². The number of aryl methyl sites for hydroxylation is 1. The molecule has 4 aromatic rings. The Bertz CT molecular complexity index is 1180. The molecule has 0 atom stereocenters. The second-order valence-corrected chi connectivity index (χ2v) is 6.59. The topological polar surface area (TPSA) is 84.6 Å². The molecule has 0 fully saturated rings. The van der Waals surface area contributed by atoms with Gasteiger partial charge < -0.3 is 19.6 Å². The zero-order valence-corrected chi connectivity index (χ0v) is 16.1. The third-order valence-corrected chi connectivity index (χ3v) is 4.70. The minimum Gasteiger partial charge on any atom is -0.507 e. The number of fused-ring (bicyclic) bond motifs is 1. The zero-order valence-electron chi connectivity index (χ0n) is 16.1. The maximum atomic E-state index is 12.5. The number of anilines is 1. The standard InChI is InChI=1S/C23H20N2O4/c1-3-14-4-11-21-19(12-14)25-23(29-21)18-13-16(7-10-20(18)26)24-22(27)15-5-8-17(28-2)9-6-15/h4-13,26H,3H2,1-2H3,(H,24,27). The molecule has 0 radical (unpaired) electrons. The smallest absolute Gasteiger partial charge is 0.255 e. The summed E-state index contributed by atoms with van der Waals surface area (Å²) < 4.78 is 10.9. The van der Waals surface area contributed by atoms with Gasteiger partial charge in [-0.3, -0.25) is 4.79 Å². The largest absolute Gasteiger partial charge is 0.507 e. The normalized spacial score (nSPS) is 10.8. The summed E-state index contributed by atoms with van der Waals surface area (Å²) >= 11 is 0. The van der Waals surface area contributed by atoms with Crippen LogP contribution in [0.3, 0.4) is 0 Å². The van der Waals surface area contributed by atoms with Crippen LogP contribution < -0.4 is 10.1 Å². The summed E-state index contributed by atoms with van der Waals surface area (Å²) in [6.07, 6.45) is 0.899. The van der Waals surface area contributed by atoms with Gasteiger partial charge in [0.15, 0.2) is 5.58 Å². The third-order valence-electron chi connectivity index (χ3n) is 4.70. The van der Waals surface area contributed by atoms with Crippen molar-refractivity contribution >= 4 is 22.7 Å². The van der Waals surface area contributed by atoms with E-state index >= 15 is 0 Å². The summed E-state index contributed by atoms with van der Waals surface area (Å²) in [5.74, 6) is 0.728. The second kappa shape index (κ2) is 7.67. The van der Waals surface area contributed by atoms with Gasteiger partial charge in [0.1, 0.15) is 17.0 Å². The average molecular weight is 388 g/mol. The molecule has 1 amide bonds.